The number of nitrogens with zero attached hydrogens (tertiary/aromatic N) is 5. The van der Waals surface area contributed by atoms with Gasteiger partial charge >= 0.3 is 0 Å². The number of ether oxygens (including phenoxy) is 4. The first-order valence-electron chi connectivity index (χ1n) is 16.3. The standard InChI is InChI=1S/C39H36FN5O6/c1-44(37(47)25-10-6-4-7-11-25)35-33-36(42-23-41-35)45(24-43-33)38-32(40)34(46)31(51-38)22-50-39(26-12-8-5-9-13-26,27-14-18-29(48-2)19-15-27)28-16-20-30(49-3)21-17-28/h4-21,23-24,31-32,34,38,46H,22H2,1-3H3/t31-,32-,34-,38-/m1/s1. The van der Waals surface area contributed by atoms with Gasteiger partial charge in [0.15, 0.2) is 29.4 Å². The van der Waals surface area contributed by atoms with Gasteiger partial charge in [-0.25, -0.2) is 19.3 Å². The number of halogens is 1. The third kappa shape index (κ3) is 6.18. The van der Waals surface area contributed by atoms with Crippen LogP contribution in [0, 0.1) is 0 Å². The molecule has 0 aliphatic carbocycles. The van der Waals surface area contributed by atoms with Crippen LogP contribution in [-0.2, 0) is 15.1 Å². The molecule has 1 N–H and O–H groups in total. The van der Waals surface area contributed by atoms with Crippen molar-refractivity contribution in [1.29, 1.82) is 0 Å². The highest BCUT2D eigenvalue weighted by Crippen LogP contribution is 2.43. The Bertz CT molecular complexity index is 2050. The molecule has 1 saturated heterocycles. The molecule has 260 valence electrons. The van der Waals surface area contributed by atoms with Crippen molar-refractivity contribution in [3.05, 3.63) is 144 Å². The third-order valence-electron chi connectivity index (χ3n) is 9.19. The molecule has 1 amide bonds. The van der Waals surface area contributed by atoms with Crippen molar-refractivity contribution in [3.63, 3.8) is 0 Å². The van der Waals surface area contributed by atoms with Crippen LogP contribution in [0.1, 0.15) is 33.3 Å². The van der Waals surface area contributed by atoms with Crippen molar-refractivity contribution in [3.8, 4) is 11.5 Å². The number of aromatic nitrogens is 4. The molecule has 0 unspecified atom stereocenters. The molecule has 0 bridgehead atoms. The summed E-state index contributed by atoms with van der Waals surface area (Å²) in [5.74, 6) is 1.29. The fourth-order valence-electron chi connectivity index (χ4n) is 6.49. The zero-order valence-corrected chi connectivity index (χ0v) is 28.2. The summed E-state index contributed by atoms with van der Waals surface area (Å²) < 4.78 is 41.5. The van der Waals surface area contributed by atoms with E-state index in [2.05, 4.69) is 15.0 Å². The number of aliphatic hydroxyl groups is 1. The second-order valence-electron chi connectivity index (χ2n) is 12.1. The highest BCUT2D eigenvalue weighted by atomic mass is 19.1. The topological polar surface area (TPSA) is 121 Å². The Labute approximate surface area is 293 Å². The lowest BCUT2D eigenvalue weighted by Gasteiger charge is -2.37. The Balaban J connectivity index is 1.21. The smallest absolute Gasteiger partial charge is 0.259 e. The van der Waals surface area contributed by atoms with Gasteiger partial charge in [0, 0.05) is 12.6 Å². The summed E-state index contributed by atoms with van der Waals surface area (Å²) >= 11 is 0. The third-order valence-corrected chi connectivity index (χ3v) is 9.19. The van der Waals surface area contributed by atoms with E-state index in [1.165, 1.54) is 22.1 Å². The number of benzene rings is 4. The molecule has 3 heterocycles. The Kier molecular flexibility index (Phi) is 9.46. The number of hydrogen-bond acceptors (Lipinski definition) is 9. The number of carbonyl (C=O) groups excluding carboxylic acids is 1. The molecule has 0 spiro atoms. The predicted octanol–water partition coefficient (Wildman–Crippen LogP) is 5.73. The predicted molar refractivity (Wildman–Crippen MR) is 188 cm³/mol. The number of imidazole rings is 1. The van der Waals surface area contributed by atoms with Gasteiger partial charge in [0.2, 0.25) is 0 Å². The first-order valence-corrected chi connectivity index (χ1v) is 16.3. The Morgan fingerprint density at radius 3 is 2.00 bits per heavy atom. The molecule has 0 saturated carbocycles. The molecule has 1 aliphatic rings. The fraction of sp³-hybridized carbons (Fsp3) is 0.231. The normalized spacial score (nSPS) is 18.8. The van der Waals surface area contributed by atoms with E-state index >= 15 is 4.39 Å². The van der Waals surface area contributed by atoms with E-state index in [-0.39, 0.29) is 29.5 Å². The summed E-state index contributed by atoms with van der Waals surface area (Å²) in [7, 11) is 4.78. The van der Waals surface area contributed by atoms with E-state index in [0.717, 1.165) is 16.7 Å². The lowest BCUT2D eigenvalue weighted by atomic mass is 9.80. The van der Waals surface area contributed by atoms with Gasteiger partial charge in [-0.1, -0.05) is 72.8 Å². The van der Waals surface area contributed by atoms with E-state index in [9.17, 15) is 9.90 Å². The van der Waals surface area contributed by atoms with Crippen molar-refractivity contribution in [2.75, 3.05) is 32.8 Å². The summed E-state index contributed by atoms with van der Waals surface area (Å²) in [4.78, 5) is 27.7. The number of anilines is 1. The quantitative estimate of drug-likeness (QED) is 0.170. The maximum atomic E-state index is 16.1. The van der Waals surface area contributed by atoms with Gasteiger partial charge in [-0.15, -0.1) is 0 Å². The van der Waals surface area contributed by atoms with Gasteiger partial charge in [0.05, 0.1) is 27.2 Å². The molecule has 7 rings (SSSR count). The van der Waals surface area contributed by atoms with Gasteiger partial charge < -0.3 is 24.1 Å². The molecular weight excluding hydrogens is 653 g/mol. The van der Waals surface area contributed by atoms with Gasteiger partial charge in [0.25, 0.3) is 5.91 Å². The van der Waals surface area contributed by atoms with Gasteiger partial charge in [-0.3, -0.25) is 14.3 Å². The molecular formula is C39H36FN5O6. The maximum absolute atomic E-state index is 16.1. The minimum Gasteiger partial charge on any atom is -0.497 e. The van der Waals surface area contributed by atoms with E-state index in [4.69, 9.17) is 18.9 Å². The molecule has 2 aromatic heterocycles. The Morgan fingerprint density at radius 2 is 1.41 bits per heavy atom. The van der Waals surface area contributed by atoms with Gasteiger partial charge in [0.1, 0.15) is 35.6 Å². The minimum absolute atomic E-state index is 0.188. The molecule has 1 fully saturated rings. The molecule has 51 heavy (non-hydrogen) atoms. The molecule has 6 aromatic rings. The molecule has 11 nitrogen and oxygen atoms in total. The van der Waals surface area contributed by atoms with Crippen LogP contribution in [0.3, 0.4) is 0 Å². The van der Waals surface area contributed by atoms with Crippen LogP contribution in [0.4, 0.5) is 10.2 Å². The van der Waals surface area contributed by atoms with Gasteiger partial charge in [-0.05, 0) is 53.1 Å². The van der Waals surface area contributed by atoms with Crippen LogP contribution in [0.5, 0.6) is 11.5 Å². The number of hydrogen-bond donors (Lipinski definition) is 1. The van der Waals surface area contributed by atoms with E-state index in [1.807, 2.05) is 84.9 Å². The number of methoxy groups -OCH3 is 2. The number of fused-ring (bicyclic) bond motifs is 1. The summed E-state index contributed by atoms with van der Waals surface area (Å²) in [6.07, 6.45) is -3.11. The van der Waals surface area contributed by atoms with Crippen molar-refractivity contribution < 1.29 is 33.2 Å². The second kappa shape index (κ2) is 14.3. The summed E-state index contributed by atoms with van der Waals surface area (Å²) in [6.45, 7) is -0.188. The van der Waals surface area contributed by atoms with Crippen LogP contribution in [0.15, 0.2) is 122 Å². The first-order chi connectivity index (χ1) is 24.8. The lowest BCUT2D eigenvalue weighted by molar-refractivity contribution is -0.0935. The zero-order valence-electron chi connectivity index (χ0n) is 28.2. The van der Waals surface area contributed by atoms with Crippen molar-refractivity contribution in [2.24, 2.45) is 0 Å². The maximum Gasteiger partial charge on any atom is 0.259 e. The monoisotopic (exact) mass is 689 g/mol. The first kappa shape index (κ1) is 33.8. The highest BCUT2D eigenvalue weighted by molar-refractivity contribution is 6.08. The summed E-state index contributed by atoms with van der Waals surface area (Å²) in [5.41, 5.74) is 2.14. The average Bonchev–Trinajstić information content (AvgIpc) is 3.75. The Hall–Kier alpha value is -5.69. The molecule has 12 heteroatoms. The Morgan fingerprint density at radius 1 is 0.843 bits per heavy atom. The van der Waals surface area contributed by atoms with E-state index < -0.39 is 30.2 Å². The van der Waals surface area contributed by atoms with Crippen LogP contribution in [0.2, 0.25) is 0 Å². The fourth-order valence-corrected chi connectivity index (χ4v) is 6.49. The van der Waals surface area contributed by atoms with Crippen LogP contribution in [0.25, 0.3) is 11.2 Å². The van der Waals surface area contributed by atoms with Crippen molar-refractivity contribution >= 4 is 22.9 Å². The van der Waals surface area contributed by atoms with Gasteiger partial charge in [-0.2, -0.15) is 0 Å². The van der Waals surface area contributed by atoms with Crippen LogP contribution < -0.4 is 14.4 Å². The average molecular weight is 690 g/mol. The highest BCUT2D eigenvalue weighted by Gasteiger charge is 2.48. The number of alkyl halides is 1. The lowest BCUT2D eigenvalue weighted by Crippen LogP contribution is -2.39. The number of carbonyl (C=O) groups is 1. The summed E-state index contributed by atoms with van der Waals surface area (Å²) in [6, 6.07) is 33.5. The van der Waals surface area contributed by atoms with Crippen molar-refractivity contribution in [2.45, 2.75) is 30.2 Å². The van der Waals surface area contributed by atoms with Crippen molar-refractivity contribution in [1.82, 2.24) is 19.5 Å². The van der Waals surface area contributed by atoms with Crippen LogP contribution in [-0.4, -0.2) is 76.8 Å². The largest absolute Gasteiger partial charge is 0.497 e. The number of amides is 1. The molecule has 0 radical (unpaired) electrons. The molecule has 1 aliphatic heterocycles. The molecule has 4 atom stereocenters. The van der Waals surface area contributed by atoms with E-state index in [1.54, 1.807) is 45.5 Å². The second-order valence-corrected chi connectivity index (χ2v) is 12.1. The summed E-state index contributed by atoms with van der Waals surface area (Å²) in [5, 5.41) is 11.3. The zero-order chi connectivity index (χ0) is 35.5. The van der Waals surface area contributed by atoms with E-state index in [0.29, 0.717) is 17.1 Å². The van der Waals surface area contributed by atoms with Crippen LogP contribution >= 0.6 is 0 Å². The molecule has 4 aromatic carbocycles. The number of rotatable bonds is 11. The minimum atomic E-state index is -1.86. The number of aliphatic hydroxyl groups excluding tert-OH is 1. The SMILES string of the molecule is COc1ccc(C(OC[C@H]2O[C@@H](n3cnc4c(N(C)C(=O)c5ccccc5)ncnc43)[C@H](F)[C@@H]2O)(c2ccccc2)c2ccc(OC)cc2)cc1.